The number of para-hydroxylation sites is 1. The maximum atomic E-state index is 12.4. The Morgan fingerprint density at radius 3 is 2.67 bits per heavy atom. The summed E-state index contributed by atoms with van der Waals surface area (Å²) in [5.74, 6) is 1.34. The van der Waals surface area contributed by atoms with Crippen LogP contribution in [0.15, 0.2) is 47.5 Å². The highest BCUT2D eigenvalue weighted by Crippen LogP contribution is 2.37. The molecule has 0 atom stereocenters. The third kappa shape index (κ3) is 4.46. The van der Waals surface area contributed by atoms with E-state index in [2.05, 4.69) is 4.99 Å². The van der Waals surface area contributed by atoms with E-state index in [-0.39, 0.29) is 38.1 Å². The van der Waals surface area contributed by atoms with E-state index in [1.54, 1.807) is 0 Å². The molecule has 0 spiro atoms. The van der Waals surface area contributed by atoms with Gasteiger partial charge in [-0.1, -0.05) is 29.5 Å². The van der Waals surface area contributed by atoms with Gasteiger partial charge in [-0.25, -0.2) is 0 Å². The molecule has 0 bridgehead atoms. The number of rotatable bonds is 7. The fourth-order valence-corrected chi connectivity index (χ4v) is 4.09. The SMILES string of the molecule is COC(=O)CCn1c(=NC(=O)CCOc2ccccc2)sc2cc3c(cc21)OCO3. The number of nitrogens with zero attached hydrogens (tertiary/aromatic N) is 2. The minimum absolute atomic E-state index is 0.142. The van der Waals surface area contributed by atoms with E-state index in [1.807, 2.05) is 47.0 Å². The Morgan fingerprint density at radius 1 is 1.13 bits per heavy atom. The molecule has 4 rings (SSSR count). The Morgan fingerprint density at radius 2 is 1.90 bits per heavy atom. The number of carbonyl (C=O) groups excluding carboxylic acids is 2. The molecular formula is C21H20N2O6S. The number of carbonyl (C=O) groups is 2. The number of benzene rings is 2. The second kappa shape index (κ2) is 9.00. The Labute approximate surface area is 176 Å². The van der Waals surface area contributed by atoms with Crippen molar-refractivity contribution in [2.75, 3.05) is 20.5 Å². The first-order valence-electron chi connectivity index (χ1n) is 9.39. The standard InChI is InChI=1S/C21H20N2O6S/c1-26-20(25)7-9-23-15-11-16-17(29-13-28-16)12-18(15)30-21(23)22-19(24)8-10-27-14-5-3-2-4-6-14/h2-6,11-12H,7-10,13H2,1H3. The number of hydrogen-bond donors (Lipinski definition) is 0. The summed E-state index contributed by atoms with van der Waals surface area (Å²) in [4.78, 5) is 28.8. The van der Waals surface area contributed by atoms with Gasteiger partial charge in [-0.05, 0) is 12.1 Å². The van der Waals surface area contributed by atoms with Crippen LogP contribution in [0.3, 0.4) is 0 Å². The van der Waals surface area contributed by atoms with Crippen molar-refractivity contribution in [3.05, 3.63) is 47.3 Å². The molecule has 0 saturated carbocycles. The van der Waals surface area contributed by atoms with Gasteiger partial charge in [0.25, 0.3) is 5.91 Å². The molecule has 2 aromatic carbocycles. The van der Waals surface area contributed by atoms with Crippen LogP contribution in [-0.4, -0.2) is 37.0 Å². The lowest BCUT2D eigenvalue weighted by Crippen LogP contribution is -2.19. The topological polar surface area (TPSA) is 88.4 Å². The van der Waals surface area contributed by atoms with E-state index < -0.39 is 0 Å². The second-order valence-electron chi connectivity index (χ2n) is 6.45. The number of esters is 1. The molecule has 0 unspecified atom stereocenters. The van der Waals surface area contributed by atoms with E-state index in [1.165, 1.54) is 18.4 Å². The summed E-state index contributed by atoms with van der Waals surface area (Å²) in [5, 5.41) is 0. The third-order valence-corrected chi connectivity index (χ3v) is 5.53. The maximum absolute atomic E-state index is 12.4. The summed E-state index contributed by atoms with van der Waals surface area (Å²) in [5.41, 5.74) is 0.820. The van der Waals surface area contributed by atoms with Crippen LogP contribution in [0.4, 0.5) is 0 Å². The third-order valence-electron chi connectivity index (χ3n) is 4.49. The summed E-state index contributed by atoms with van der Waals surface area (Å²) in [6.45, 7) is 0.736. The number of amides is 1. The number of aromatic nitrogens is 1. The number of thiazole rings is 1. The molecule has 8 nitrogen and oxygen atoms in total. The van der Waals surface area contributed by atoms with Crippen LogP contribution in [0.1, 0.15) is 12.8 Å². The van der Waals surface area contributed by atoms with Gasteiger partial charge in [0, 0.05) is 18.7 Å². The van der Waals surface area contributed by atoms with Gasteiger partial charge in [-0.15, -0.1) is 0 Å². The van der Waals surface area contributed by atoms with Crippen LogP contribution in [0.5, 0.6) is 17.2 Å². The molecule has 3 aromatic rings. The zero-order valence-corrected chi connectivity index (χ0v) is 17.1. The fourth-order valence-electron chi connectivity index (χ4n) is 3.00. The number of aryl methyl sites for hydroxylation is 1. The highest BCUT2D eigenvalue weighted by Gasteiger charge is 2.18. The molecule has 0 aliphatic carbocycles. The molecule has 9 heteroatoms. The molecule has 2 heterocycles. The minimum atomic E-state index is -0.337. The minimum Gasteiger partial charge on any atom is -0.493 e. The van der Waals surface area contributed by atoms with Crippen molar-refractivity contribution in [1.29, 1.82) is 0 Å². The van der Waals surface area contributed by atoms with Crippen LogP contribution < -0.4 is 19.0 Å². The molecule has 0 saturated heterocycles. The lowest BCUT2D eigenvalue weighted by atomic mass is 10.3. The highest BCUT2D eigenvalue weighted by molar-refractivity contribution is 7.16. The monoisotopic (exact) mass is 428 g/mol. The Kier molecular flexibility index (Phi) is 5.99. The van der Waals surface area contributed by atoms with Crippen molar-refractivity contribution in [3.8, 4) is 17.2 Å². The van der Waals surface area contributed by atoms with Gasteiger partial charge in [0.2, 0.25) is 6.79 Å². The summed E-state index contributed by atoms with van der Waals surface area (Å²) in [6, 6.07) is 13.0. The van der Waals surface area contributed by atoms with Gasteiger partial charge in [0.05, 0.1) is 36.8 Å². The summed E-state index contributed by atoms with van der Waals surface area (Å²) in [7, 11) is 1.35. The maximum Gasteiger partial charge on any atom is 0.307 e. The molecule has 0 N–H and O–H groups in total. The molecule has 156 valence electrons. The zero-order valence-electron chi connectivity index (χ0n) is 16.3. The lowest BCUT2D eigenvalue weighted by molar-refractivity contribution is -0.140. The number of fused-ring (bicyclic) bond motifs is 2. The van der Waals surface area contributed by atoms with Gasteiger partial charge in [0.15, 0.2) is 16.3 Å². The van der Waals surface area contributed by atoms with Crippen LogP contribution in [0, 0.1) is 0 Å². The van der Waals surface area contributed by atoms with Crippen LogP contribution >= 0.6 is 11.3 Å². The van der Waals surface area contributed by atoms with Crippen LogP contribution in [0.25, 0.3) is 10.2 Å². The first kappa shape index (κ1) is 20.0. The zero-order chi connectivity index (χ0) is 20.9. The normalized spacial score (nSPS) is 12.9. The summed E-state index contributed by atoms with van der Waals surface area (Å²) < 4.78 is 23.9. The van der Waals surface area contributed by atoms with E-state index >= 15 is 0 Å². The van der Waals surface area contributed by atoms with Gasteiger partial charge >= 0.3 is 5.97 Å². The molecule has 1 aromatic heterocycles. The molecule has 0 fully saturated rings. The Hall–Kier alpha value is -3.33. The molecule has 1 amide bonds. The van der Waals surface area contributed by atoms with Gasteiger partial charge in [-0.2, -0.15) is 4.99 Å². The number of hydrogen-bond acceptors (Lipinski definition) is 7. The first-order valence-corrected chi connectivity index (χ1v) is 10.2. The van der Waals surface area contributed by atoms with Gasteiger partial charge in [-0.3, -0.25) is 9.59 Å². The van der Waals surface area contributed by atoms with E-state index in [9.17, 15) is 9.59 Å². The Bertz CT molecular complexity index is 1140. The van der Waals surface area contributed by atoms with Crippen LogP contribution in [-0.2, 0) is 20.9 Å². The predicted molar refractivity (Wildman–Crippen MR) is 110 cm³/mol. The molecule has 1 aliphatic heterocycles. The van der Waals surface area contributed by atoms with E-state index in [4.69, 9.17) is 18.9 Å². The summed E-state index contributed by atoms with van der Waals surface area (Å²) in [6.07, 6.45) is 0.304. The molecule has 1 aliphatic rings. The number of ether oxygens (including phenoxy) is 4. The molecule has 0 radical (unpaired) electrons. The van der Waals surface area contributed by atoms with E-state index in [0.29, 0.717) is 28.6 Å². The first-order chi connectivity index (χ1) is 14.6. The van der Waals surface area contributed by atoms with Crippen molar-refractivity contribution >= 4 is 33.4 Å². The van der Waals surface area contributed by atoms with Crippen molar-refractivity contribution in [1.82, 2.24) is 4.57 Å². The fraction of sp³-hybridized carbons (Fsp3) is 0.286. The number of methoxy groups -OCH3 is 1. The lowest BCUT2D eigenvalue weighted by Gasteiger charge is -2.05. The molecular weight excluding hydrogens is 408 g/mol. The highest BCUT2D eigenvalue weighted by atomic mass is 32.1. The molecule has 30 heavy (non-hydrogen) atoms. The Balaban J connectivity index is 1.57. The largest absolute Gasteiger partial charge is 0.493 e. The van der Waals surface area contributed by atoms with Crippen molar-refractivity contribution in [2.24, 2.45) is 4.99 Å². The quantitative estimate of drug-likeness (QED) is 0.538. The smallest absolute Gasteiger partial charge is 0.307 e. The van der Waals surface area contributed by atoms with Gasteiger partial charge in [0.1, 0.15) is 5.75 Å². The summed E-state index contributed by atoms with van der Waals surface area (Å²) >= 11 is 1.35. The van der Waals surface area contributed by atoms with Crippen LogP contribution in [0.2, 0.25) is 0 Å². The second-order valence-corrected chi connectivity index (χ2v) is 7.46. The van der Waals surface area contributed by atoms with Crippen molar-refractivity contribution in [3.63, 3.8) is 0 Å². The predicted octanol–water partition coefficient (Wildman–Crippen LogP) is 2.89. The average molecular weight is 428 g/mol. The van der Waals surface area contributed by atoms with Gasteiger partial charge < -0.3 is 23.5 Å². The van der Waals surface area contributed by atoms with E-state index in [0.717, 1.165) is 10.2 Å². The van der Waals surface area contributed by atoms with Crippen molar-refractivity contribution < 1.29 is 28.5 Å². The van der Waals surface area contributed by atoms with Crippen molar-refractivity contribution in [2.45, 2.75) is 19.4 Å². The average Bonchev–Trinajstić information content (AvgIpc) is 3.34.